The van der Waals surface area contributed by atoms with Gasteiger partial charge in [0.2, 0.25) is 0 Å². The topological polar surface area (TPSA) is 0 Å². The minimum Gasteiger partial charge on any atom is -0.0610 e. The maximum absolute atomic E-state index is 3.40. The first-order chi connectivity index (χ1) is 9.93. The van der Waals surface area contributed by atoms with Gasteiger partial charge < -0.3 is 0 Å². The van der Waals surface area contributed by atoms with Crippen LogP contribution in [0.1, 0.15) is 0 Å². The molecule has 0 nitrogen and oxygen atoms in total. The van der Waals surface area contributed by atoms with E-state index in [9.17, 15) is 0 Å². The lowest BCUT2D eigenvalue weighted by atomic mass is 9.90. The zero-order valence-corrected chi connectivity index (χ0v) is 10.8. The lowest BCUT2D eigenvalue weighted by Gasteiger charge is -2.13. The van der Waals surface area contributed by atoms with Crippen molar-refractivity contribution in [3.63, 3.8) is 0 Å². The molecule has 0 aromatic heterocycles. The molecule has 2 radical (unpaired) electrons. The van der Waals surface area contributed by atoms with Gasteiger partial charge in [0.15, 0.2) is 0 Å². The Morgan fingerprint density at radius 3 is 2.15 bits per heavy atom. The summed E-state index contributed by atoms with van der Waals surface area (Å²) in [6, 6.07) is 28.1. The standard InChI is InChI=1S/C20H10/c1-5-13-6-2-11-17-18-12-4-8-14-7-3-10-16(20(14)18)15(9-1)19(13)17/h1-7,9-11H. The van der Waals surface area contributed by atoms with Crippen molar-refractivity contribution < 1.29 is 0 Å². The van der Waals surface area contributed by atoms with Crippen LogP contribution in [0.4, 0.5) is 0 Å². The lowest BCUT2D eigenvalue weighted by Crippen LogP contribution is -1.86. The Labute approximate surface area is 116 Å². The smallest absolute Gasteiger partial charge is 0.00134 e. The summed E-state index contributed by atoms with van der Waals surface area (Å²) in [5.74, 6) is 0. The van der Waals surface area contributed by atoms with Crippen molar-refractivity contribution in [2.75, 3.05) is 0 Å². The van der Waals surface area contributed by atoms with Gasteiger partial charge in [0.05, 0.1) is 0 Å². The molecule has 5 aromatic carbocycles. The summed E-state index contributed by atoms with van der Waals surface area (Å²) >= 11 is 0. The summed E-state index contributed by atoms with van der Waals surface area (Å²) in [6.07, 6.45) is 0. The monoisotopic (exact) mass is 250 g/mol. The molecule has 0 N–H and O–H groups in total. The molecule has 0 atom stereocenters. The van der Waals surface area contributed by atoms with Crippen LogP contribution in [0.5, 0.6) is 0 Å². The summed E-state index contributed by atoms with van der Waals surface area (Å²) in [6.45, 7) is 0. The molecular weight excluding hydrogens is 240 g/mol. The van der Waals surface area contributed by atoms with Crippen molar-refractivity contribution in [1.29, 1.82) is 0 Å². The Kier molecular flexibility index (Phi) is 1.78. The van der Waals surface area contributed by atoms with Gasteiger partial charge in [0.1, 0.15) is 0 Å². The van der Waals surface area contributed by atoms with Crippen LogP contribution in [0.3, 0.4) is 0 Å². The van der Waals surface area contributed by atoms with Crippen LogP contribution >= 0.6 is 0 Å². The third-order valence-corrected chi connectivity index (χ3v) is 4.22. The van der Waals surface area contributed by atoms with E-state index >= 15 is 0 Å². The van der Waals surface area contributed by atoms with E-state index in [4.69, 9.17) is 0 Å². The maximum atomic E-state index is 3.40. The molecule has 0 saturated carbocycles. The van der Waals surface area contributed by atoms with Crippen LogP contribution in [-0.4, -0.2) is 0 Å². The quantitative estimate of drug-likeness (QED) is 0.257. The fraction of sp³-hybridized carbons (Fsp3) is 0. The van der Waals surface area contributed by atoms with Crippen molar-refractivity contribution in [2.24, 2.45) is 0 Å². The second kappa shape index (κ2) is 3.49. The molecule has 0 aliphatic carbocycles. The normalized spacial score (nSPS) is 12.0. The lowest BCUT2D eigenvalue weighted by molar-refractivity contribution is 1.77. The van der Waals surface area contributed by atoms with Gasteiger partial charge in [-0.15, -0.1) is 0 Å². The molecule has 20 heavy (non-hydrogen) atoms. The van der Waals surface area contributed by atoms with E-state index in [0.29, 0.717) is 0 Å². The predicted octanol–water partition coefficient (Wildman–Crippen LogP) is 5.34. The van der Waals surface area contributed by atoms with E-state index in [-0.39, 0.29) is 0 Å². The van der Waals surface area contributed by atoms with Crippen molar-refractivity contribution >= 4 is 43.1 Å². The van der Waals surface area contributed by atoms with Crippen LogP contribution in [0.2, 0.25) is 0 Å². The van der Waals surface area contributed by atoms with Gasteiger partial charge >= 0.3 is 0 Å². The summed E-state index contributed by atoms with van der Waals surface area (Å²) in [5, 5.41) is 10.2. The molecule has 0 heterocycles. The molecule has 0 amide bonds. The molecule has 5 rings (SSSR count). The van der Waals surface area contributed by atoms with Crippen LogP contribution in [0, 0.1) is 12.1 Å². The van der Waals surface area contributed by atoms with E-state index in [1.165, 1.54) is 43.1 Å². The largest absolute Gasteiger partial charge is 0.0610 e. The average Bonchev–Trinajstić information content (AvgIpc) is 2.52. The van der Waals surface area contributed by atoms with Crippen molar-refractivity contribution in [2.45, 2.75) is 0 Å². The van der Waals surface area contributed by atoms with E-state index in [2.05, 4.69) is 66.7 Å². The average molecular weight is 250 g/mol. The first-order valence-corrected chi connectivity index (χ1v) is 6.81. The van der Waals surface area contributed by atoms with Gasteiger partial charge in [-0.3, -0.25) is 0 Å². The van der Waals surface area contributed by atoms with Gasteiger partial charge in [-0.2, -0.15) is 0 Å². The van der Waals surface area contributed by atoms with Gasteiger partial charge in [-0.1, -0.05) is 54.6 Å². The highest BCUT2D eigenvalue weighted by Gasteiger charge is 2.11. The Hall–Kier alpha value is -2.60. The maximum Gasteiger partial charge on any atom is -0.00134 e. The summed E-state index contributed by atoms with van der Waals surface area (Å²) in [5.41, 5.74) is 0. The van der Waals surface area contributed by atoms with Crippen molar-refractivity contribution in [3.8, 4) is 0 Å². The summed E-state index contributed by atoms with van der Waals surface area (Å²) in [7, 11) is 0. The molecule has 90 valence electrons. The van der Waals surface area contributed by atoms with E-state index in [1.807, 2.05) is 6.07 Å². The van der Waals surface area contributed by atoms with Crippen molar-refractivity contribution in [1.82, 2.24) is 0 Å². The number of fused-ring (bicyclic) bond motifs is 2. The second-order valence-electron chi connectivity index (χ2n) is 5.25. The van der Waals surface area contributed by atoms with Crippen molar-refractivity contribution in [3.05, 3.63) is 72.8 Å². The molecule has 0 aliphatic heterocycles. The SMILES string of the molecule is [c]1c[c]c2c3cccc4cccc(c5cccc1c25)c43. The third kappa shape index (κ3) is 1.12. The van der Waals surface area contributed by atoms with Crippen LogP contribution in [0.15, 0.2) is 60.7 Å². The summed E-state index contributed by atoms with van der Waals surface area (Å²) in [4.78, 5) is 0. The first kappa shape index (κ1) is 10.2. The highest BCUT2D eigenvalue weighted by atomic mass is 14.1. The Bertz CT molecular complexity index is 917. The zero-order chi connectivity index (χ0) is 13.1. The molecule has 0 heteroatoms. The Balaban J connectivity index is 2.32. The number of benzene rings is 5. The fourth-order valence-corrected chi connectivity index (χ4v) is 3.41. The molecule has 0 bridgehead atoms. The molecule has 5 aromatic rings. The third-order valence-electron chi connectivity index (χ3n) is 4.22. The molecule has 0 unspecified atom stereocenters. The minimum absolute atomic E-state index is 1.17. The van der Waals surface area contributed by atoms with Crippen LogP contribution in [-0.2, 0) is 0 Å². The van der Waals surface area contributed by atoms with Crippen LogP contribution in [0.25, 0.3) is 43.1 Å². The van der Waals surface area contributed by atoms with E-state index in [0.717, 1.165) is 0 Å². The highest BCUT2D eigenvalue weighted by Crippen LogP contribution is 2.39. The minimum atomic E-state index is 1.17. The first-order valence-electron chi connectivity index (χ1n) is 6.81. The number of rotatable bonds is 0. The molecule has 0 spiro atoms. The molecular formula is C20H10. The molecule has 0 saturated heterocycles. The van der Waals surface area contributed by atoms with Gasteiger partial charge in [-0.25, -0.2) is 0 Å². The molecule has 0 aliphatic rings. The highest BCUT2D eigenvalue weighted by molar-refractivity contribution is 6.32. The number of hydrogen-bond donors (Lipinski definition) is 0. The Morgan fingerprint density at radius 1 is 0.600 bits per heavy atom. The zero-order valence-electron chi connectivity index (χ0n) is 10.8. The summed E-state index contributed by atoms with van der Waals surface area (Å²) < 4.78 is 0. The number of hydrogen-bond acceptors (Lipinski definition) is 0. The van der Waals surface area contributed by atoms with Gasteiger partial charge in [0.25, 0.3) is 0 Å². The van der Waals surface area contributed by atoms with E-state index < -0.39 is 0 Å². The fourth-order valence-electron chi connectivity index (χ4n) is 3.41. The molecule has 0 fully saturated rings. The van der Waals surface area contributed by atoms with Crippen LogP contribution < -0.4 is 0 Å². The van der Waals surface area contributed by atoms with Gasteiger partial charge in [-0.05, 0) is 61.3 Å². The second-order valence-corrected chi connectivity index (χ2v) is 5.25. The van der Waals surface area contributed by atoms with E-state index in [1.54, 1.807) is 0 Å². The predicted molar refractivity (Wildman–Crippen MR) is 85.3 cm³/mol. The Morgan fingerprint density at radius 2 is 1.30 bits per heavy atom. The van der Waals surface area contributed by atoms with Gasteiger partial charge in [0, 0.05) is 0 Å².